The molecular weight excluding hydrogens is 302 g/mol. The molecule has 0 radical (unpaired) electrons. The van der Waals surface area contributed by atoms with Gasteiger partial charge in [-0.2, -0.15) is 9.40 Å². The molecule has 1 aromatic rings. The molecule has 19 heavy (non-hydrogen) atoms. The second-order valence-electron chi connectivity index (χ2n) is 3.48. The zero-order valence-electron chi connectivity index (χ0n) is 9.65. The summed E-state index contributed by atoms with van der Waals surface area (Å²) in [5, 5.41) is 20.2. The first-order chi connectivity index (χ1) is 8.66. The lowest BCUT2D eigenvalue weighted by molar-refractivity contribution is -0.139. The SMILES string of the molecule is Cn1ncc(Cl)c1S(=O)(=O)N(CC(=O)O)CC(=O)O. The Kier molecular flexibility index (Phi) is 4.50. The molecule has 0 aliphatic carbocycles. The van der Waals surface area contributed by atoms with Gasteiger partial charge in [-0.05, 0) is 0 Å². The van der Waals surface area contributed by atoms with E-state index in [-0.39, 0.29) is 5.02 Å². The maximum absolute atomic E-state index is 12.2. The number of sulfonamides is 1. The minimum absolute atomic E-state index is 0.219. The van der Waals surface area contributed by atoms with E-state index in [0.29, 0.717) is 4.31 Å². The number of halogens is 1. The summed E-state index contributed by atoms with van der Waals surface area (Å²) < 4.78 is 25.5. The van der Waals surface area contributed by atoms with Gasteiger partial charge in [0.15, 0.2) is 5.03 Å². The number of rotatable bonds is 6. The smallest absolute Gasteiger partial charge is 0.318 e. The van der Waals surface area contributed by atoms with Crippen molar-refractivity contribution in [1.82, 2.24) is 14.1 Å². The van der Waals surface area contributed by atoms with Crippen molar-refractivity contribution in [3.8, 4) is 0 Å². The van der Waals surface area contributed by atoms with Gasteiger partial charge < -0.3 is 10.2 Å². The van der Waals surface area contributed by atoms with E-state index in [4.69, 9.17) is 21.8 Å². The Bertz CT molecular complexity index is 575. The molecular formula is C8H10ClN3O6S. The zero-order valence-corrected chi connectivity index (χ0v) is 11.2. The van der Waals surface area contributed by atoms with Gasteiger partial charge in [0.1, 0.15) is 13.1 Å². The van der Waals surface area contributed by atoms with Gasteiger partial charge in [0.25, 0.3) is 10.0 Å². The average Bonchev–Trinajstić information content (AvgIpc) is 2.56. The summed E-state index contributed by atoms with van der Waals surface area (Å²) >= 11 is 5.66. The summed E-state index contributed by atoms with van der Waals surface area (Å²) in [5.41, 5.74) is 0. The third kappa shape index (κ3) is 3.43. The van der Waals surface area contributed by atoms with Crippen LogP contribution in [-0.2, 0) is 26.7 Å². The lowest BCUT2D eigenvalue weighted by atomic mass is 10.6. The van der Waals surface area contributed by atoms with Crippen LogP contribution in [0.2, 0.25) is 5.02 Å². The second-order valence-corrected chi connectivity index (χ2v) is 5.74. The van der Waals surface area contributed by atoms with Crippen molar-refractivity contribution in [2.45, 2.75) is 5.03 Å². The molecule has 0 amide bonds. The Balaban J connectivity index is 3.27. The van der Waals surface area contributed by atoms with Crippen LogP contribution in [0.3, 0.4) is 0 Å². The number of aryl methyl sites for hydroxylation is 1. The van der Waals surface area contributed by atoms with Crippen LogP contribution in [0.4, 0.5) is 0 Å². The highest BCUT2D eigenvalue weighted by Gasteiger charge is 2.33. The minimum Gasteiger partial charge on any atom is -0.480 e. The van der Waals surface area contributed by atoms with Gasteiger partial charge in [-0.15, -0.1) is 0 Å². The van der Waals surface area contributed by atoms with Crippen LogP contribution in [0, 0.1) is 0 Å². The van der Waals surface area contributed by atoms with Gasteiger partial charge in [-0.3, -0.25) is 14.3 Å². The van der Waals surface area contributed by atoms with Crippen LogP contribution in [0.15, 0.2) is 11.2 Å². The van der Waals surface area contributed by atoms with Crippen LogP contribution < -0.4 is 0 Å². The summed E-state index contributed by atoms with van der Waals surface area (Å²) in [5.74, 6) is -2.97. The topological polar surface area (TPSA) is 130 Å². The molecule has 106 valence electrons. The van der Waals surface area contributed by atoms with E-state index in [9.17, 15) is 18.0 Å². The molecule has 11 heteroatoms. The maximum Gasteiger partial charge on any atom is 0.318 e. The van der Waals surface area contributed by atoms with Crippen molar-refractivity contribution in [3.63, 3.8) is 0 Å². The monoisotopic (exact) mass is 311 g/mol. The van der Waals surface area contributed by atoms with Crippen molar-refractivity contribution in [3.05, 3.63) is 11.2 Å². The van der Waals surface area contributed by atoms with Crippen LogP contribution >= 0.6 is 11.6 Å². The second kappa shape index (κ2) is 5.55. The van der Waals surface area contributed by atoms with E-state index < -0.39 is 40.1 Å². The highest BCUT2D eigenvalue weighted by molar-refractivity contribution is 7.89. The van der Waals surface area contributed by atoms with Crippen LogP contribution in [0.1, 0.15) is 0 Å². The lowest BCUT2D eigenvalue weighted by Gasteiger charge is -2.18. The number of hydrogen-bond acceptors (Lipinski definition) is 5. The first kappa shape index (κ1) is 15.4. The van der Waals surface area contributed by atoms with Crippen molar-refractivity contribution >= 4 is 33.6 Å². The Morgan fingerprint density at radius 2 is 1.84 bits per heavy atom. The van der Waals surface area contributed by atoms with Crippen LogP contribution in [0.25, 0.3) is 0 Å². The Hall–Kier alpha value is -1.65. The third-order valence-corrected chi connectivity index (χ3v) is 4.35. The summed E-state index contributed by atoms with van der Waals surface area (Å²) in [6.07, 6.45) is 1.06. The summed E-state index contributed by atoms with van der Waals surface area (Å²) in [4.78, 5) is 21.2. The zero-order chi connectivity index (χ0) is 14.8. The predicted molar refractivity (Wildman–Crippen MR) is 62.2 cm³/mol. The molecule has 0 atom stereocenters. The normalized spacial score (nSPS) is 11.7. The fourth-order valence-corrected chi connectivity index (χ4v) is 3.28. The molecule has 0 fully saturated rings. The highest BCUT2D eigenvalue weighted by Crippen LogP contribution is 2.23. The quantitative estimate of drug-likeness (QED) is 0.705. The predicted octanol–water partition coefficient (Wildman–Crippen LogP) is -0.767. The van der Waals surface area contributed by atoms with Gasteiger partial charge in [-0.1, -0.05) is 11.6 Å². The first-order valence-corrected chi connectivity index (χ1v) is 6.59. The number of aromatic nitrogens is 2. The number of hydrogen-bond donors (Lipinski definition) is 2. The largest absolute Gasteiger partial charge is 0.480 e. The molecule has 0 bridgehead atoms. The molecule has 0 saturated heterocycles. The van der Waals surface area contributed by atoms with E-state index in [1.54, 1.807) is 0 Å². The van der Waals surface area contributed by atoms with E-state index >= 15 is 0 Å². The minimum atomic E-state index is -4.37. The molecule has 0 spiro atoms. The van der Waals surface area contributed by atoms with Crippen molar-refractivity contribution in [2.75, 3.05) is 13.1 Å². The van der Waals surface area contributed by atoms with Crippen molar-refractivity contribution in [1.29, 1.82) is 0 Å². The fraction of sp³-hybridized carbons (Fsp3) is 0.375. The molecule has 1 heterocycles. The molecule has 0 aliphatic rings. The standard InChI is InChI=1S/C8H10ClN3O6S/c1-11-8(5(9)2-10-11)19(17,18)12(3-6(13)14)4-7(15)16/h2H,3-4H2,1H3,(H,13,14)(H,15,16). The first-order valence-electron chi connectivity index (χ1n) is 4.77. The molecule has 0 aliphatic heterocycles. The molecule has 0 aromatic carbocycles. The van der Waals surface area contributed by atoms with Crippen LogP contribution in [0.5, 0.6) is 0 Å². The van der Waals surface area contributed by atoms with E-state index in [1.165, 1.54) is 7.05 Å². The van der Waals surface area contributed by atoms with Gasteiger partial charge in [0.05, 0.1) is 11.2 Å². The van der Waals surface area contributed by atoms with Gasteiger partial charge in [0, 0.05) is 7.05 Å². The maximum atomic E-state index is 12.2. The number of nitrogens with zero attached hydrogens (tertiary/aromatic N) is 3. The number of carboxylic acid groups (broad SMARTS) is 2. The van der Waals surface area contributed by atoms with Gasteiger partial charge in [-0.25, -0.2) is 8.42 Å². The van der Waals surface area contributed by atoms with Gasteiger partial charge >= 0.3 is 11.9 Å². The van der Waals surface area contributed by atoms with Crippen molar-refractivity contribution in [2.24, 2.45) is 7.05 Å². The highest BCUT2D eigenvalue weighted by atomic mass is 35.5. The lowest BCUT2D eigenvalue weighted by Crippen LogP contribution is -2.40. The Morgan fingerprint density at radius 1 is 1.37 bits per heavy atom. The van der Waals surface area contributed by atoms with E-state index in [1.807, 2.05) is 0 Å². The van der Waals surface area contributed by atoms with Crippen molar-refractivity contribution < 1.29 is 28.2 Å². The average molecular weight is 312 g/mol. The molecule has 0 unspecified atom stereocenters. The van der Waals surface area contributed by atoms with E-state index in [0.717, 1.165) is 10.9 Å². The van der Waals surface area contributed by atoms with Crippen LogP contribution in [-0.4, -0.2) is 57.7 Å². The fourth-order valence-electron chi connectivity index (χ4n) is 1.34. The molecule has 2 N–H and O–H groups in total. The molecule has 9 nitrogen and oxygen atoms in total. The van der Waals surface area contributed by atoms with Gasteiger partial charge in [0.2, 0.25) is 0 Å². The number of carboxylic acids is 2. The summed E-state index contributed by atoms with van der Waals surface area (Å²) in [6, 6.07) is 0. The Morgan fingerprint density at radius 3 is 2.16 bits per heavy atom. The molecule has 0 saturated carbocycles. The Labute approximate surface area is 113 Å². The third-order valence-electron chi connectivity index (χ3n) is 2.05. The summed E-state index contributed by atoms with van der Waals surface area (Å²) in [6.45, 7) is -1.98. The number of carbonyl (C=O) groups is 2. The summed E-state index contributed by atoms with van der Waals surface area (Å²) in [7, 11) is -3.08. The molecule has 1 aromatic heterocycles. The number of aliphatic carboxylic acids is 2. The van der Waals surface area contributed by atoms with E-state index in [2.05, 4.69) is 5.10 Å². The molecule has 1 rings (SSSR count).